The second-order valence-electron chi connectivity index (χ2n) is 9.53. The van der Waals surface area contributed by atoms with Crippen LogP contribution in [0.5, 0.6) is 11.8 Å². The molecule has 1 saturated heterocycles. The third-order valence-corrected chi connectivity index (χ3v) is 6.53. The Bertz CT molecular complexity index is 1310. The molecule has 1 aromatic heterocycles. The Morgan fingerprint density at radius 1 is 1.13 bits per heavy atom. The van der Waals surface area contributed by atoms with Gasteiger partial charge in [0.2, 0.25) is 0 Å². The number of benzene rings is 1. The monoisotopic (exact) mass is 522 g/mol. The van der Waals surface area contributed by atoms with Crippen molar-refractivity contribution in [3.05, 3.63) is 64.3 Å². The molecule has 0 unspecified atom stereocenters. The van der Waals surface area contributed by atoms with Crippen molar-refractivity contribution in [2.45, 2.75) is 26.7 Å². The van der Waals surface area contributed by atoms with Crippen LogP contribution in [0.4, 0.5) is 20.4 Å². The van der Waals surface area contributed by atoms with Gasteiger partial charge in [-0.15, -0.1) is 0 Å². The standard InChI is InChI=1S/C28H32F2N6O2/c1-3-5-19-14-24(32-17-19)33-26-16-25(31-6-4-7-36-8-10-37-11-9-36)34-28(35-26)38-23-15-22(29)20-12-18(2)13-21(20)27(23)30/h3,5,13-16H,4,6-12,17H2,1-2H3,(H2,31,32,33,34,35)/b5-3+. The van der Waals surface area contributed by atoms with Gasteiger partial charge in [0.1, 0.15) is 23.3 Å². The number of nitrogens with one attached hydrogen (secondary N) is 2. The Morgan fingerprint density at radius 2 is 1.95 bits per heavy atom. The van der Waals surface area contributed by atoms with Crippen LogP contribution in [-0.2, 0) is 11.2 Å². The minimum Gasteiger partial charge on any atom is -0.421 e. The summed E-state index contributed by atoms with van der Waals surface area (Å²) in [6.45, 7) is 9.37. The van der Waals surface area contributed by atoms with Crippen molar-refractivity contribution < 1.29 is 18.3 Å². The number of amidine groups is 1. The van der Waals surface area contributed by atoms with Crippen molar-refractivity contribution in [2.75, 3.05) is 56.6 Å². The molecule has 10 heteroatoms. The van der Waals surface area contributed by atoms with Gasteiger partial charge in [-0.05, 0) is 44.9 Å². The minimum absolute atomic E-state index is 0.0983. The summed E-state index contributed by atoms with van der Waals surface area (Å²) in [4.78, 5) is 15.7. The number of ether oxygens (including phenoxy) is 2. The lowest BCUT2D eigenvalue weighted by Crippen LogP contribution is -2.37. The largest absolute Gasteiger partial charge is 0.421 e. The van der Waals surface area contributed by atoms with E-state index in [-0.39, 0.29) is 17.3 Å². The first-order valence-corrected chi connectivity index (χ1v) is 12.9. The second-order valence-corrected chi connectivity index (χ2v) is 9.53. The van der Waals surface area contributed by atoms with E-state index in [9.17, 15) is 4.39 Å². The molecule has 2 N–H and O–H groups in total. The number of hydrogen-bond donors (Lipinski definition) is 2. The Balaban J connectivity index is 1.34. The molecule has 0 spiro atoms. The molecule has 200 valence electrons. The van der Waals surface area contributed by atoms with Crippen LogP contribution in [0.2, 0.25) is 0 Å². The van der Waals surface area contributed by atoms with Gasteiger partial charge in [0.15, 0.2) is 11.6 Å². The lowest BCUT2D eigenvalue weighted by Gasteiger charge is -2.26. The second kappa shape index (κ2) is 11.8. The van der Waals surface area contributed by atoms with E-state index < -0.39 is 11.6 Å². The van der Waals surface area contributed by atoms with Crippen LogP contribution in [0.25, 0.3) is 6.08 Å². The summed E-state index contributed by atoms with van der Waals surface area (Å²) in [6.07, 6.45) is 8.82. The van der Waals surface area contributed by atoms with Crippen LogP contribution >= 0.6 is 0 Å². The van der Waals surface area contributed by atoms with Gasteiger partial charge in [0.25, 0.3) is 0 Å². The molecule has 8 nitrogen and oxygen atoms in total. The molecule has 1 fully saturated rings. The summed E-state index contributed by atoms with van der Waals surface area (Å²) in [5.41, 5.74) is 2.52. The van der Waals surface area contributed by atoms with Crippen molar-refractivity contribution >= 4 is 23.5 Å². The molecule has 2 aliphatic heterocycles. The smallest absolute Gasteiger partial charge is 0.326 e. The zero-order valence-corrected chi connectivity index (χ0v) is 21.7. The van der Waals surface area contributed by atoms with Gasteiger partial charge in [-0.25, -0.2) is 8.78 Å². The van der Waals surface area contributed by atoms with Crippen molar-refractivity contribution in [1.29, 1.82) is 0 Å². The van der Waals surface area contributed by atoms with Crippen LogP contribution in [-0.4, -0.2) is 66.6 Å². The molecule has 0 atom stereocenters. The van der Waals surface area contributed by atoms with Gasteiger partial charge >= 0.3 is 6.01 Å². The molecular weight excluding hydrogens is 490 g/mol. The van der Waals surface area contributed by atoms with Gasteiger partial charge in [-0.1, -0.05) is 23.8 Å². The molecular formula is C28H32F2N6O2. The predicted molar refractivity (Wildman–Crippen MR) is 145 cm³/mol. The van der Waals surface area contributed by atoms with Crippen molar-refractivity contribution in [2.24, 2.45) is 4.99 Å². The van der Waals surface area contributed by atoms with Gasteiger partial charge in [-0.2, -0.15) is 9.97 Å². The van der Waals surface area contributed by atoms with Crippen molar-refractivity contribution in [3.63, 3.8) is 0 Å². The van der Waals surface area contributed by atoms with Gasteiger partial charge in [0.05, 0.1) is 19.8 Å². The Labute approximate surface area is 221 Å². The van der Waals surface area contributed by atoms with Crippen molar-refractivity contribution in [1.82, 2.24) is 14.9 Å². The number of rotatable bonds is 9. The highest BCUT2D eigenvalue weighted by molar-refractivity contribution is 6.05. The summed E-state index contributed by atoms with van der Waals surface area (Å²) in [5, 5.41) is 6.49. The highest BCUT2D eigenvalue weighted by Gasteiger charge is 2.23. The predicted octanol–water partition coefficient (Wildman–Crippen LogP) is 4.97. The lowest BCUT2D eigenvalue weighted by atomic mass is 10.1. The van der Waals surface area contributed by atoms with E-state index in [0.29, 0.717) is 42.5 Å². The van der Waals surface area contributed by atoms with E-state index >= 15 is 4.39 Å². The first-order chi connectivity index (χ1) is 18.5. The zero-order valence-electron chi connectivity index (χ0n) is 21.7. The maximum Gasteiger partial charge on any atom is 0.326 e. The summed E-state index contributed by atoms with van der Waals surface area (Å²) in [5.74, 6) is 0.197. The number of morpholine rings is 1. The maximum absolute atomic E-state index is 15.2. The third-order valence-electron chi connectivity index (χ3n) is 6.53. The van der Waals surface area contributed by atoms with Gasteiger partial charge in [0, 0.05) is 42.9 Å². The Morgan fingerprint density at radius 3 is 2.76 bits per heavy atom. The van der Waals surface area contributed by atoms with Gasteiger partial charge in [-0.3, -0.25) is 9.89 Å². The summed E-state index contributed by atoms with van der Waals surface area (Å²) >= 11 is 0. The summed E-state index contributed by atoms with van der Waals surface area (Å²) < 4.78 is 41.0. The van der Waals surface area contributed by atoms with E-state index in [1.807, 2.05) is 32.1 Å². The SMILES string of the molecule is C/C=C/C1=CC(Nc2cc(NCCCN3CCOCC3)nc(Oc3cc(F)c4c(c3F)C=C(C)C4)n2)=NC1. The fraction of sp³-hybridized carbons (Fsp3) is 0.393. The number of halogens is 2. The Hall–Kier alpha value is -3.63. The summed E-state index contributed by atoms with van der Waals surface area (Å²) in [6, 6.07) is 2.71. The van der Waals surface area contributed by atoms with Crippen LogP contribution in [0.3, 0.4) is 0 Å². The molecule has 1 aromatic carbocycles. The fourth-order valence-corrected chi connectivity index (χ4v) is 4.67. The number of aromatic nitrogens is 2. The molecule has 0 bridgehead atoms. The quantitative estimate of drug-likeness (QED) is 0.450. The number of hydrogen-bond acceptors (Lipinski definition) is 8. The van der Waals surface area contributed by atoms with E-state index in [1.54, 1.807) is 12.1 Å². The lowest BCUT2D eigenvalue weighted by molar-refractivity contribution is 0.0378. The molecule has 1 aliphatic carbocycles. The molecule has 5 rings (SSSR count). The van der Waals surface area contributed by atoms with E-state index in [2.05, 4.69) is 30.5 Å². The van der Waals surface area contributed by atoms with E-state index in [1.165, 1.54) is 0 Å². The summed E-state index contributed by atoms with van der Waals surface area (Å²) in [7, 11) is 0. The first-order valence-electron chi connectivity index (χ1n) is 12.9. The highest BCUT2D eigenvalue weighted by Crippen LogP contribution is 2.36. The highest BCUT2D eigenvalue weighted by atomic mass is 19.1. The normalized spacial score (nSPS) is 17.3. The number of aliphatic imine (C=N–C) groups is 1. The van der Waals surface area contributed by atoms with Gasteiger partial charge < -0.3 is 20.1 Å². The van der Waals surface area contributed by atoms with Crippen LogP contribution in [0.15, 0.2) is 46.5 Å². The van der Waals surface area contributed by atoms with Crippen molar-refractivity contribution in [3.8, 4) is 11.8 Å². The molecule has 3 heterocycles. The molecule has 38 heavy (non-hydrogen) atoms. The van der Waals surface area contributed by atoms with Crippen LogP contribution in [0, 0.1) is 11.6 Å². The number of fused-ring (bicyclic) bond motifs is 1. The topological polar surface area (TPSA) is 83.9 Å². The third kappa shape index (κ3) is 6.25. The van der Waals surface area contributed by atoms with E-state index in [0.717, 1.165) is 56.5 Å². The molecule has 3 aliphatic rings. The first kappa shape index (κ1) is 26.0. The Kier molecular flexibility index (Phi) is 8.09. The van der Waals surface area contributed by atoms with Crippen LogP contribution in [0.1, 0.15) is 31.4 Å². The number of allylic oxidation sites excluding steroid dienone is 2. The van der Waals surface area contributed by atoms with E-state index in [4.69, 9.17) is 9.47 Å². The zero-order chi connectivity index (χ0) is 26.5. The minimum atomic E-state index is -0.626. The number of nitrogens with zero attached hydrogens (tertiary/aromatic N) is 4. The molecule has 0 radical (unpaired) electrons. The molecule has 0 amide bonds. The molecule has 0 saturated carbocycles. The average molecular weight is 523 g/mol. The fourth-order valence-electron chi connectivity index (χ4n) is 4.67. The maximum atomic E-state index is 15.2. The average Bonchev–Trinajstić information content (AvgIpc) is 3.52. The van der Waals surface area contributed by atoms with Crippen LogP contribution < -0.4 is 15.4 Å². The number of anilines is 2. The molecule has 2 aromatic rings.